The predicted molar refractivity (Wildman–Crippen MR) is 117 cm³/mol. The quantitative estimate of drug-likeness (QED) is 0.416. The van der Waals surface area contributed by atoms with Crippen molar-refractivity contribution in [3.8, 4) is 28.4 Å². The molecule has 4 nitrogen and oxygen atoms in total. The number of anilines is 2. The number of methoxy groups -OCH3 is 3. The molecule has 0 aliphatic heterocycles. The van der Waals surface area contributed by atoms with Crippen molar-refractivity contribution in [2.75, 3.05) is 26.6 Å². The van der Waals surface area contributed by atoms with Crippen molar-refractivity contribution in [3.05, 3.63) is 66.7 Å². The molecule has 5 heteroatoms. The summed E-state index contributed by atoms with van der Waals surface area (Å²) < 4.78 is 17.1. The first-order chi connectivity index (χ1) is 13.7. The van der Waals surface area contributed by atoms with Crippen LogP contribution in [0.5, 0.6) is 17.2 Å². The highest BCUT2D eigenvalue weighted by molar-refractivity contribution is 7.23. The monoisotopic (exact) mass is 391 g/mol. The largest absolute Gasteiger partial charge is 0.497 e. The van der Waals surface area contributed by atoms with E-state index in [-0.39, 0.29) is 0 Å². The van der Waals surface area contributed by atoms with E-state index in [0.29, 0.717) is 0 Å². The van der Waals surface area contributed by atoms with Crippen LogP contribution in [0.15, 0.2) is 66.7 Å². The van der Waals surface area contributed by atoms with Crippen LogP contribution in [0.3, 0.4) is 0 Å². The van der Waals surface area contributed by atoms with Crippen LogP contribution in [0.1, 0.15) is 0 Å². The Kier molecular flexibility index (Phi) is 5.08. The lowest BCUT2D eigenvalue weighted by Crippen LogP contribution is -1.91. The van der Waals surface area contributed by atoms with Gasteiger partial charge in [0.15, 0.2) is 0 Å². The summed E-state index contributed by atoms with van der Waals surface area (Å²) in [6.07, 6.45) is 0. The summed E-state index contributed by atoms with van der Waals surface area (Å²) in [6, 6.07) is 22.3. The fraction of sp³-hybridized carbons (Fsp3) is 0.130. The van der Waals surface area contributed by atoms with Crippen LogP contribution in [-0.2, 0) is 0 Å². The SMILES string of the molecule is COc1ccc(Nc2sc3cc(OC)ccc3c2-c2ccc(OC)cc2)cc1. The topological polar surface area (TPSA) is 39.7 Å². The minimum atomic E-state index is 0.835. The number of ether oxygens (including phenoxy) is 3. The summed E-state index contributed by atoms with van der Waals surface area (Å²) in [5, 5.41) is 5.84. The Morgan fingerprint density at radius 2 is 1.25 bits per heavy atom. The van der Waals surface area contributed by atoms with Gasteiger partial charge in [-0.15, -0.1) is 11.3 Å². The highest BCUT2D eigenvalue weighted by atomic mass is 32.1. The van der Waals surface area contributed by atoms with E-state index in [1.54, 1.807) is 32.7 Å². The fourth-order valence-electron chi connectivity index (χ4n) is 3.14. The molecule has 1 N–H and O–H groups in total. The van der Waals surface area contributed by atoms with Gasteiger partial charge in [-0.2, -0.15) is 0 Å². The summed E-state index contributed by atoms with van der Waals surface area (Å²) in [6.45, 7) is 0. The van der Waals surface area contributed by atoms with Gasteiger partial charge >= 0.3 is 0 Å². The maximum absolute atomic E-state index is 5.41. The van der Waals surface area contributed by atoms with Gasteiger partial charge in [0.1, 0.15) is 22.2 Å². The molecule has 142 valence electrons. The number of fused-ring (bicyclic) bond motifs is 1. The molecule has 0 saturated carbocycles. The third kappa shape index (κ3) is 3.49. The van der Waals surface area contributed by atoms with Crippen molar-refractivity contribution >= 4 is 32.1 Å². The molecule has 0 radical (unpaired) electrons. The van der Waals surface area contributed by atoms with E-state index in [1.807, 2.05) is 42.5 Å². The number of benzene rings is 3. The second-order valence-corrected chi connectivity index (χ2v) is 7.30. The van der Waals surface area contributed by atoms with Gasteiger partial charge in [0.05, 0.1) is 21.3 Å². The second kappa shape index (κ2) is 7.82. The Labute approximate surface area is 168 Å². The molecule has 3 aromatic carbocycles. The second-order valence-electron chi connectivity index (χ2n) is 6.25. The van der Waals surface area contributed by atoms with Crippen LogP contribution in [-0.4, -0.2) is 21.3 Å². The lowest BCUT2D eigenvalue weighted by molar-refractivity contribution is 0.415. The molecule has 0 aliphatic rings. The summed E-state index contributed by atoms with van der Waals surface area (Å²) >= 11 is 1.71. The smallest absolute Gasteiger partial charge is 0.120 e. The van der Waals surface area contributed by atoms with Gasteiger partial charge in [-0.3, -0.25) is 0 Å². The average Bonchev–Trinajstić information content (AvgIpc) is 3.11. The number of hydrogen-bond acceptors (Lipinski definition) is 5. The number of hydrogen-bond donors (Lipinski definition) is 1. The molecule has 0 atom stereocenters. The molecule has 28 heavy (non-hydrogen) atoms. The number of nitrogens with one attached hydrogen (secondary N) is 1. The van der Waals surface area contributed by atoms with E-state index in [4.69, 9.17) is 14.2 Å². The third-order valence-corrected chi connectivity index (χ3v) is 5.69. The Morgan fingerprint density at radius 3 is 1.86 bits per heavy atom. The van der Waals surface area contributed by atoms with E-state index in [2.05, 4.69) is 29.6 Å². The zero-order valence-corrected chi connectivity index (χ0v) is 16.8. The zero-order valence-electron chi connectivity index (χ0n) is 16.0. The van der Waals surface area contributed by atoms with Gasteiger partial charge in [0, 0.05) is 21.3 Å². The van der Waals surface area contributed by atoms with Crippen LogP contribution in [0.4, 0.5) is 10.7 Å². The molecule has 0 fully saturated rings. The summed E-state index contributed by atoms with van der Waals surface area (Å²) in [7, 11) is 5.04. The van der Waals surface area contributed by atoms with Gasteiger partial charge in [-0.1, -0.05) is 12.1 Å². The number of rotatable bonds is 6. The maximum atomic E-state index is 5.41. The van der Waals surface area contributed by atoms with E-state index in [1.165, 1.54) is 15.6 Å². The van der Waals surface area contributed by atoms with Crippen molar-refractivity contribution < 1.29 is 14.2 Å². The predicted octanol–water partition coefficient (Wildman–Crippen LogP) is 6.34. The van der Waals surface area contributed by atoms with Gasteiger partial charge in [0.2, 0.25) is 0 Å². The van der Waals surface area contributed by atoms with Crippen LogP contribution in [0.2, 0.25) is 0 Å². The highest BCUT2D eigenvalue weighted by Gasteiger charge is 2.15. The average molecular weight is 391 g/mol. The molecule has 0 aliphatic carbocycles. The molecule has 0 unspecified atom stereocenters. The Bertz CT molecular complexity index is 1090. The molecule has 4 rings (SSSR count). The van der Waals surface area contributed by atoms with Gasteiger partial charge in [-0.05, 0) is 60.2 Å². The summed E-state index contributed by atoms with van der Waals surface area (Å²) in [5.74, 6) is 2.53. The Balaban J connectivity index is 1.82. The molecular formula is C23H21NO3S. The number of thiophene rings is 1. The zero-order chi connectivity index (χ0) is 19.5. The molecule has 1 aromatic heterocycles. The molecule has 4 aromatic rings. The van der Waals surface area contributed by atoms with Crippen molar-refractivity contribution in [1.82, 2.24) is 0 Å². The first-order valence-electron chi connectivity index (χ1n) is 8.88. The molecular weight excluding hydrogens is 370 g/mol. The van der Waals surface area contributed by atoms with Gasteiger partial charge in [0.25, 0.3) is 0 Å². The molecule has 0 bridgehead atoms. The third-order valence-electron chi connectivity index (χ3n) is 4.62. The van der Waals surface area contributed by atoms with E-state index in [9.17, 15) is 0 Å². The van der Waals surface area contributed by atoms with E-state index in [0.717, 1.165) is 33.5 Å². The standard InChI is InChI=1S/C23H21NO3S/c1-25-17-8-4-15(5-9-17)22-20-13-12-19(27-3)14-21(20)28-23(22)24-16-6-10-18(26-2)11-7-16/h4-14,24H,1-3H3. The molecule has 0 amide bonds. The van der Waals surface area contributed by atoms with Gasteiger partial charge < -0.3 is 19.5 Å². The van der Waals surface area contributed by atoms with Crippen LogP contribution < -0.4 is 19.5 Å². The fourth-order valence-corrected chi connectivity index (χ4v) is 4.32. The highest BCUT2D eigenvalue weighted by Crippen LogP contribution is 2.45. The van der Waals surface area contributed by atoms with Crippen molar-refractivity contribution in [3.63, 3.8) is 0 Å². The lowest BCUT2D eigenvalue weighted by atomic mass is 10.0. The van der Waals surface area contributed by atoms with E-state index < -0.39 is 0 Å². The molecule has 0 spiro atoms. The Hall–Kier alpha value is -3.18. The molecule has 0 saturated heterocycles. The summed E-state index contributed by atoms with van der Waals surface area (Å²) in [4.78, 5) is 0. The molecule has 1 heterocycles. The van der Waals surface area contributed by atoms with Crippen molar-refractivity contribution in [2.45, 2.75) is 0 Å². The van der Waals surface area contributed by atoms with Gasteiger partial charge in [-0.25, -0.2) is 0 Å². The first kappa shape index (κ1) is 18.2. The first-order valence-corrected chi connectivity index (χ1v) is 9.69. The maximum Gasteiger partial charge on any atom is 0.120 e. The minimum absolute atomic E-state index is 0.835. The summed E-state index contributed by atoms with van der Waals surface area (Å²) in [5.41, 5.74) is 3.31. The van der Waals surface area contributed by atoms with Crippen LogP contribution in [0.25, 0.3) is 21.2 Å². The van der Waals surface area contributed by atoms with Crippen molar-refractivity contribution in [2.24, 2.45) is 0 Å². The lowest BCUT2D eigenvalue weighted by Gasteiger charge is -2.10. The Morgan fingerprint density at radius 1 is 0.679 bits per heavy atom. The van der Waals surface area contributed by atoms with Crippen LogP contribution in [0, 0.1) is 0 Å². The van der Waals surface area contributed by atoms with Crippen LogP contribution >= 0.6 is 11.3 Å². The normalized spacial score (nSPS) is 10.7. The van der Waals surface area contributed by atoms with Crippen molar-refractivity contribution in [1.29, 1.82) is 0 Å². The minimum Gasteiger partial charge on any atom is -0.497 e. The van der Waals surface area contributed by atoms with E-state index >= 15 is 0 Å².